The molecule has 3 heteroatoms. The average Bonchev–Trinajstić information content (AvgIpc) is 2.24. The van der Waals surface area contributed by atoms with Gasteiger partial charge in [0.2, 0.25) is 0 Å². The maximum atomic E-state index is 13.6. The highest BCUT2D eigenvalue weighted by atomic mass is 19.1. The van der Waals surface area contributed by atoms with Gasteiger partial charge < -0.3 is 10.1 Å². The van der Waals surface area contributed by atoms with Gasteiger partial charge in [0.15, 0.2) is 0 Å². The zero-order chi connectivity index (χ0) is 11.3. The molecule has 1 aromatic carbocycles. The van der Waals surface area contributed by atoms with Gasteiger partial charge in [0, 0.05) is 25.3 Å². The first kappa shape index (κ1) is 12.1. The predicted octanol–water partition coefficient (Wildman–Crippen LogP) is 2.43. The lowest BCUT2D eigenvalue weighted by Crippen LogP contribution is -2.19. The van der Waals surface area contributed by atoms with Crippen LogP contribution in [0, 0.1) is 12.7 Å². The van der Waals surface area contributed by atoms with Crippen molar-refractivity contribution >= 4 is 0 Å². The van der Waals surface area contributed by atoms with Crippen molar-refractivity contribution in [3.63, 3.8) is 0 Å². The van der Waals surface area contributed by atoms with Crippen LogP contribution in [0.1, 0.15) is 23.6 Å². The maximum Gasteiger partial charge on any atom is 0.127 e. The number of halogens is 1. The fraction of sp³-hybridized carbons (Fsp3) is 0.500. The zero-order valence-corrected chi connectivity index (χ0v) is 9.51. The number of hydrogen-bond donors (Lipinski definition) is 1. The smallest absolute Gasteiger partial charge is 0.127 e. The monoisotopic (exact) mass is 211 g/mol. The summed E-state index contributed by atoms with van der Waals surface area (Å²) < 4.78 is 18.6. The normalized spacial score (nSPS) is 12.8. The Morgan fingerprint density at radius 1 is 1.47 bits per heavy atom. The molecule has 15 heavy (non-hydrogen) atoms. The van der Waals surface area contributed by atoms with E-state index in [0.717, 1.165) is 17.5 Å². The minimum absolute atomic E-state index is 0.0184. The second kappa shape index (κ2) is 5.83. The van der Waals surface area contributed by atoms with E-state index in [4.69, 9.17) is 4.74 Å². The van der Waals surface area contributed by atoms with Crippen LogP contribution < -0.4 is 5.32 Å². The van der Waals surface area contributed by atoms with Gasteiger partial charge in [0.05, 0.1) is 0 Å². The van der Waals surface area contributed by atoms with Crippen LogP contribution in [0.2, 0.25) is 0 Å². The standard InChI is InChI=1S/C12H18FNO/c1-9-4-5-11(13)10(8-9)12(14-2)6-7-15-3/h4-5,8,12,14H,6-7H2,1-3H3. The Bertz CT molecular complexity index is 314. The van der Waals surface area contributed by atoms with Crippen molar-refractivity contribution in [3.8, 4) is 0 Å². The highest BCUT2D eigenvalue weighted by Crippen LogP contribution is 2.21. The third-order valence-electron chi connectivity index (χ3n) is 2.49. The molecule has 0 radical (unpaired) electrons. The van der Waals surface area contributed by atoms with Crippen LogP contribution in [-0.4, -0.2) is 20.8 Å². The third kappa shape index (κ3) is 3.29. The second-order valence-corrected chi connectivity index (χ2v) is 3.65. The first-order chi connectivity index (χ1) is 7.19. The molecule has 0 aliphatic heterocycles. The number of rotatable bonds is 5. The second-order valence-electron chi connectivity index (χ2n) is 3.65. The van der Waals surface area contributed by atoms with Crippen LogP contribution in [0.3, 0.4) is 0 Å². The summed E-state index contributed by atoms with van der Waals surface area (Å²) in [6.45, 7) is 2.59. The van der Waals surface area contributed by atoms with Crippen LogP contribution in [0.4, 0.5) is 4.39 Å². The number of aryl methyl sites for hydroxylation is 1. The Hall–Kier alpha value is -0.930. The molecular weight excluding hydrogens is 193 g/mol. The van der Waals surface area contributed by atoms with E-state index >= 15 is 0 Å². The molecular formula is C12H18FNO. The van der Waals surface area contributed by atoms with Gasteiger partial charge in [0.25, 0.3) is 0 Å². The lowest BCUT2D eigenvalue weighted by Gasteiger charge is -2.17. The van der Waals surface area contributed by atoms with Gasteiger partial charge >= 0.3 is 0 Å². The van der Waals surface area contributed by atoms with Crippen molar-refractivity contribution in [2.75, 3.05) is 20.8 Å². The van der Waals surface area contributed by atoms with Crippen LogP contribution in [-0.2, 0) is 4.74 Å². The van der Waals surface area contributed by atoms with E-state index in [9.17, 15) is 4.39 Å². The maximum absolute atomic E-state index is 13.6. The Morgan fingerprint density at radius 2 is 2.20 bits per heavy atom. The molecule has 0 spiro atoms. The molecule has 1 atom stereocenters. The van der Waals surface area contributed by atoms with Crippen molar-refractivity contribution in [2.45, 2.75) is 19.4 Å². The predicted molar refractivity (Wildman–Crippen MR) is 59.4 cm³/mol. The lowest BCUT2D eigenvalue weighted by atomic mass is 10.0. The van der Waals surface area contributed by atoms with Gasteiger partial charge in [-0.1, -0.05) is 17.7 Å². The first-order valence-electron chi connectivity index (χ1n) is 5.11. The van der Waals surface area contributed by atoms with Gasteiger partial charge in [-0.15, -0.1) is 0 Å². The molecule has 0 aliphatic rings. The molecule has 1 aromatic rings. The number of methoxy groups -OCH3 is 1. The quantitative estimate of drug-likeness (QED) is 0.807. The molecule has 0 fully saturated rings. The van der Waals surface area contributed by atoms with Crippen molar-refractivity contribution in [3.05, 3.63) is 35.1 Å². The average molecular weight is 211 g/mol. The Morgan fingerprint density at radius 3 is 2.80 bits per heavy atom. The molecule has 1 rings (SSSR count). The molecule has 0 bridgehead atoms. The van der Waals surface area contributed by atoms with E-state index in [1.165, 1.54) is 6.07 Å². The first-order valence-corrected chi connectivity index (χ1v) is 5.11. The topological polar surface area (TPSA) is 21.3 Å². The minimum atomic E-state index is -0.156. The number of ether oxygens (including phenoxy) is 1. The molecule has 0 saturated carbocycles. The van der Waals surface area contributed by atoms with Gasteiger partial charge in [-0.05, 0) is 26.5 Å². The number of nitrogens with one attached hydrogen (secondary N) is 1. The van der Waals surface area contributed by atoms with Crippen molar-refractivity contribution in [1.29, 1.82) is 0 Å². The van der Waals surface area contributed by atoms with Crippen LogP contribution in [0.25, 0.3) is 0 Å². The molecule has 0 heterocycles. The minimum Gasteiger partial charge on any atom is -0.385 e. The Kier molecular flexibility index (Phi) is 4.72. The largest absolute Gasteiger partial charge is 0.385 e. The van der Waals surface area contributed by atoms with Gasteiger partial charge in [0.1, 0.15) is 5.82 Å². The summed E-state index contributed by atoms with van der Waals surface area (Å²) in [6.07, 6.45) is 0.771. The van der Waals surface area contributed by atoms with E-state index < -0.39 is 0 Å². The Labute approximate surface area is 90.4 Å². The summed E-state index contributed by atoms with van der Waals surface area (Å²) in [5.41, 5.74) is 1.79. The molecule has 1 unspecified atom stereocenters. The summed E-state index contributed by atoms with van der Waals surface area (Å²) in [6, 6.07) is 5.19. The van der Waals surface area contributed by atoms with Gasteiger partial charge in [-0.2, -0.15) is 0 Å². The summed E-state index contributed by atoms with van der Waals surface area (Å²) in [7, 11) is 3.49. The van der Waals surface area contributed by atoms with Crippen molar-refractivity contribution in [2.24, 2.45) is 0 Å². The Balaban J connectivity index is 2.85. The molecule has 2 nitrogen and oxygen atoms in total. The fourth-order valence-electron chi connectivity index (χ4n) is 1.62. The van der Waals surface area contributed by atoms with E-state index in [2.05, 4.69) is 5.32 Å². The van der Waals surface area contributed by atoms with Crippen molar-refractivity contribution < 1.29 is 9.13 Å². The van der Waals surface area contributed by atoms with Crippen LogP contribution in [0.5, 0.6) is 0 Å². The fourth-order valence-corrected chi connectivity index (χ4v) is 1.62. The summed E-state index contributed by atoms with van der Waals surface area (Å²) in [5.74, 6) is -0.156. The van der Waals surface area contributed by atoms with Gasteiger partial charge in [-0.25, -0.2) is 4.39 Å². The SMILES string of the molecule is CNC(CCOC)c1cc(C)ccc1F. The molecule has 1 N–H and O–H groups in total. The van der Waals surface area contributed by atoms with Crippen molar-refractivity contribution in [1.82, 2.24) is 5.32 Å². The van der Waals surface area contributed by atoms with E-state index in [0.29, 0.717) is 6.61 Å². The van der Waals surface area contributed by atoms with E-state index in [-0.39, 0.29) is 11.9 Å². The highest BCUT2D eigenvalue weighted by Gasteiger charge is 2.13. The number of benzene rings is 1. The molecule has 0 aliphatic carbocycles. The summed E-state index contributed by atoms with van der Waals surface area (Å²) >= 11 is 0. The molecule has 0 saturated heterocycles. The highest BCUT2D eigenvalue weighted by molar-refractivity contribution is 5.26. The summed E-state index contributed by atoms with van der Waals surface area (Å²) in [4.78, 5) is 0. The lowest BCUT2D eigenvalue weighted by molar-refractivity contribution is 0.183. The third-order valence-corrected chi connectivity index (χ3v) is 2.49. The van der Waals surface area contributed by atoms with E-state index in [1.54, 1.807) is 13.2 Å². The summed E-state index contributed by atoms with van der Waals surface area (Å²) in [5, 5.41) is 3.10. The van der Waals surface area contributed by atoms with E-state index in [1.807, 2.05) is 20.0 Å². The molecule has 0 aromatic heterocycles. The van der Waals surface area contributed by atoms with Crippen LogP contribution >= 0.6 is 0 Å². The van der Waals surface area contributed by atoms with Gasteiger partial charge in [-0.3, -0.25) is 0 Å². The molecule has 84 valence electrons. The zero-order valence-electron chi connectivity index (χ0n) is 9.51. The molecule has 0 amide bonds. The van der Waals surface area contributed by atoms with Crippen LogP contribution in [0.15, 0.2) is 18.2 Å². The number of hydrogen-bond acceptors (Lipinski definition) is 2.